The Morgan fingerprint density at radius 2 is 1.82 bits per heavy atom. The number of halogens is 2. The molecule has 4 nitrogen and oxygen atoms in total. The van der Waals surface area contributed by atoms with Gasteiger partial charge in [-0.05, 0) is 51.1 Å². The van der Waals surface area contributed by atoms with Crippen LogP contribution in [0.3, 0.4) is 0 Å². The number of pyridine rings is 1. The second-order valence-electron chi connectivity index (χ2n) is 5.89. The van der Waals surface area contributed by atoms with Crippen molar-refractivity contribution in [1.29, 1.82) is 0 Å². The third-order valence-electron chi connectivity index (χ3n) is 2.71. The van der Waals surface area contributed by atoms with E-state index in [1.54, 1.807) is 24.4 Å². The van der Waals surface area contributed by atoms with Crippen LogP contribution in [0.2, 0.25) is 10.0 Å². The van der Waals surface area contributed by atoms with Gasteiger partial charge in [0, 0.05) is 11.1 Å². The molecule has 2 rings (SSSR count). The number of hydrogen-bond donors (Lipinski definition) is 2. The molecule has 0 atom stereocenters. The Bertz CT molecular complexity index is 679. The van der Waals surface area contributed by atoms with E-state index in [-0.39, 0.29) is 11.4 Å². The highest BCUT2D eigenvalue weighted by atomic mass is 35.5. The number of nitrogens with zero attached hydrogens (tertiary/aromatic N) is 1. The molecule has 0 unspecified atom stereocenters. The molecule has 1 amide bonds. The van der Waals surface area contributed by atoms with Gasteiger partial charge < -0.3 is 10.6 Å². The fraction of sp³-hybridized carbons (Fsp3) is 0.250. The fourth-order valence-electron chi connectivity index (χ4n) is 1.80. The lowest BCUT2D eigenvalue weighted by Gasteiger charge is -2.21. The van der Waals surface area contributed by atoms with Crippen molar-refractivity contribution in [2.75, 3.05) is 10.6 Å². The first-order chi connectivity index (χ1) is 10.2. The average molecular weight is 338 g/mol. The molecule has 0 fully saturated rings. The molecule has 0 aliphatic carbocycles. The summed E-state index contributed by atoms with van der Waals surface area (Å²) < 4.78 is 0. The van der Waals surface area contributed by atoms with Crippen molar-refractivity contribution in [3.8, 4) is 0 Å². The number of nitrogens with one attached hydrogen (secondary N) is 2. The molecule has 1 aromatic heterocycles. The topological polar surface area (TPSA) is 54.0 Å². The minimum atomic E-state index is -0.289. The lowest BCUT2D eigenvalue weighted by molar-refractivity contribution is 0.102. The molecule has 1 heterocycles. The lowest BCUT2D eigenvalue weighted by atomic mass is 10.1. The molecule has 1 aromatic carbocycles. The lowest BCUT2D eigenvalue weighted by Crippen LogP contribution is -2.26. The Kier molecular flexibility index (Phi) is 4.94. The summed E-state index contributed by atoms with van der Waals surface area (Å²) in [5.74, 6) is 0.179. The molecule has 0 spiro atoms. The Morgan fingerprint density at radius 3 is 2.36 bits per heavy atom. The second kappa shape index (κ2) is 6.55. The van der Waals surface area contributed by atoms with E-state index in [1.807, 2.05) is 6.07 Å². The molecule has 2 aromatic rings. The van der Waals surface area contributed by atoms with E-state index in [2.05, 4.69) is 36.4 Å². The zero-order valence-corrected chi connectivity index (χ0v) is 14.1. The van der Waals surface area contributed by atoms with Crippen molar-refractivity contribution in [2.45, 2.75) is 26.3 Å². The summed E-state index contributed by atoms with van der Waals surface area (Å²) in [5.41, 5.74) is 1.26. The van der Waals surface area contributed by atoms with Crippen molar-refractivity contribution in [1.82, 2.24) is 4.98 Å². The number of hydrogen-bond acceptors (Lipinski definition) is 3. The SMILES string of the molecule is CC(C)(C)Nc1ccc(NC(=O)c2ccc(Cl)c(Cl)c2)nc1. The smallest absolute Gasteiger partial charge is 0.256 e. The van der Waals surface area contributed by atoms with E-state index in [9.17, 15) is 4.79 Å². The molecule has 6 heteroatoms. The molecular weight excluding hydrogens is 321 g/mol. The molecule has 0 saturated carbocycles. The normalized spacial score (nSPS) is 11.1. The predicted molar refractivity (Wildman–Crippen MR) is 92.0 cm³/mol. The summed E-state index contributed by atoms with van der Waals surface area (Å²) in [5, 5.41) is 6.77. The molecule has 0 aliphatic heterocycles. The zero-order chi connectivity index (χ0) is 16.3. The van der Waals surface area contributed by atoms with E-state index in [0.29, 0.717) is 21.4 Å². The fourth-order valence-corrected chi connectivity index (χ4v) is 2.10. The summed E-state index contributed by atoms with van der Waals surface area (Å²) in [6.45, 7) is 6.19. The second-order valence-corrected chi connectivity index (χ2v) is 6.70. The molecule has 2 N–H and O–H groups in total. The molecular formula is C16H17Cl2N3O. The van der Waals surface area contributed by atoms with Gasteiger partial charge in [0.15, 0.2) is 0 Å². The van der Waals surface area contributed by atoms with Crippen LogP contribution >= 0.6 is 23.2 Å². The van der Waals surface area contributed by atoms with Crippen LogP contribution in [0.4, 0.5) is 11.5 Å². The average Bonchev–Trinajstić information content (AvgIpc) is 2.42. The summed E-state index contributed by atoms with van der Waals surface area (Å²) >= 11 is 11.7. The molecule has 116 valence electrons. The molecule has 22 heavy (non-hydrogen) atoms. The number of carbonyl (C=O) groups excluding carboxylic acids is 1. The first-order valence-corrected chi connectivity index (χ1v) is 7.51. The van der Waals surface area contributed by atoms with Crippen LogP contribution < -0.4 is 10.6 Å². The van der Waals surface area contributed by atoms with Gasteiger partial charge in [0.2, 0.25) is 0 Å². The van der Waals surface area contributed by atoms with Gasteiger partial charge in [-0.1, -0.05) is 23.2 Å². The molecule has 0 bridgehead atoms. The van der Waals surface area contributed by atoms with Gasteiger partial charge in [-0.2, -0.15) is 0 Å². The number of carbonyl (C=O) groups is 1. The van der Waals surface area contributed by atoms with Crippen LogP contribution in [0, 0.1) is 0 Å². The van der Waals surface area contributed by atoms with Crippen LogP contribution in [0.15, 0.2) is 36.5 Å². The molecule has 0 saturated heterocycles. The van der Waals surface area contributed by atoms with Crippen LogP contribution in [-0.2, 0) is 0 Å². The van der Waals surface area contributed by atoms with Crippen LogP contribution in [0.1, 0.15) is 31.1 Å². The number of rotatable bonds is 3. The summed E-state index contributed by atoms with van der Waals surface area (Å²) in [6, 6.07) is 8.32. The van der Waals surface area contributed by atoms with Gasteiger partial charge in [-0.15, -0.1) is 0 Å². The van der Waals surface area contributed by atoms with E-state index >= 15 is 0 Å². The monoisotopic (exact) mass is 337 g/mol. The first-order valence-electron chi connectivity index (χ1n) is 6.75. The predicted octanol–water partition coefficient (Wildman–Crippen LogP) is 4.85. The first kappa shape index (κ1) is 16.6. The maximum absolute atomic E-state index is 12.1. The Morgan fingerprint density at radius 1 is 1.09 bits per heavy atom. The Balaban J connectivity index is 2.07. The highest BCUT2D eigenvalue weighted by Gasteiger charge is 2.11. The summed E-state index contributed by atoms with van der Waals surface area (Å²) in [7, 11) is 0. The largest absolute Gasteiger partial charge is 0.379 e. The third kappa shape index (κ3) is 4.61. The van der Waals surface area contributed by atoms with Crippen molar-refractivity contribution >= 4 is 40.6 Å². The minimum Gasteiger partial charge on any atom is -0.379 e. The number of benzene rings is 1. The molecule has 0 aliphatic rings. The van der Waals surface area contributed by atoms with Crippen LogP contribution in [0.5, 0.6) is 0 Å². The van der Waals surface area contributed by atoms with Gasteiger partial charge >= 0.3 is 0 Å². The van der Waals surface area contributed by atoms with Gasteiger partial charge in [0.1, 0.15) is 5.82 Å². The Labute approximate surface area is 139 Å². The number of aromatic nitrogens is 1. The number of anilines is 2. The summed E-state index contributed by atoms with van der Waals surface area (Å²) in [6.07, 6.45) is 1.68. The maximum Gasteiger partial charge on any atom is 0.256 e. The van der Waals surface area contributed by atoms with E-state index < -0.39 is 0 Å². The van der Waals surface area contributed by atoms with Crippen molar-refractivity contribution in [2.24, 2.45) is 0 Å². The highest BCUT2D eigenvalue weighted by molar-refractivity contribution is 6.42. The van der Waals surface area contributed by atoms with Gasteiger partial charge in [-0.25, -0.2) is 4.98 Å². The van der Waals surface area contributed by atoms with Crippen LogP contribution in [-0.4, -0.2) is 16.4 Å². The van der Waals surface area contributed by atoms with E-state index in [1.165, 1.54) is 6.07 Å². The Hall–Kier alpha value is -1.78. The van der Waals surface area contributed by atoms with E-state index in [0.717, 1.165) is 5.69 Å². The van der Waals surface area contributed by atoms with Crippen LogP contribution in [0.25, 0.3) is 0 Å². The number of amides is 1. The van der Waals surface area contributed by atoms with Gasteiger partial charge in [-0.3, -0.25) is 4.79 Å². The standard InChI is InChI=1S/C16H17Cl2N3O/c1-16(2,3)21-11-5-7-14(19-9-11)20-15(22)10-4-6-12(17)13(18)8-10/h4-9,21H,1-3H3,(H,19,20,22). The summed E-state index contributed by atoms with van der Waals surface area (Å²) in [4.78, 5) is 16.3. The van der Waals surface area contributed by atoms with Crippen molar-refractivity contribution in [3.63, 3.8) is 0 Å². The third-order valence-corrected chi connectivity index (χ3v) is 3.45. The zero-order valence-electron chi connectivity index (χ0n) is 12.6. The van der Waals surface area contributed by atoms with Crippen molar-refractivity contribution < 1.29 is 4.79 Å². The minimum absolute atomic E-state index is 0.0491. The maximum atomic E-state index is 12.1. The van der Waals surface area contributed by atoms with E-state index in [4.69, 9.17) is 23.2 Å². The van der Waals surface area contributed by atoms with Gasteiger partial charge in [0.05, 0.1) is 21.9 Å². The quantitative estimate of drug-likeness (QED) is 0.841. The highest BCUT2D eigenvalue weighted by Crippen LogP contribution is 2.23. The molecule has 0 radical (unpaired) electrons. The van der Waals surface area contributed by atoms with Crippen molar-refractivity contribution in [3.05, 3.63) is 52.1 Å². The van der Waals surface area contributed by atoms with Gasteiger partial charge in [0.25, 0.3) is 5.91 Å².